The summed E-state index contributed by atoms with van der Waals surface area (Å²) in [7, 11) is 0. The first-order chi connectivity index (χ1) is 9.29. The number of carboxylic acid groups (broad SMARTS) is 1. The second-order valence-electron chi connectivity index (χ2n) is 4.52. The fourth-order valence-electron chi connectivity index (χ4n) is 1.49. The molecule has 1 aromatic rings. The molecule has 0 fully saturated rings. The van der Waals surface area contributed by atoms with Crippen molar-refractivity contribution in [1.29, 1.82) is 0 Å². The van der Waals surface area contributed by atoms with Gasteiger partial charge in [-0.25, -0.2) is 4.79 Å². The van der Waals surface area contributed by atoms with Gasteiger partial charge in [-0.05, 0) is 24.1 Å². The Bertz CT molecular complexity index is 485. The third-order valence-electron chi connectivity index (χ3n) is 2.46. The molecule has 7 heteroatoms. The first-order valence-electron chi connectivity index (χ1n) is 5.90. The number of hydrogen-bond acceptors (Lipinski definition) is 3. The number of halogens is 2. The van der Waals surface area contributed by atoms with Crippen molar-refractivity contribution < 1.29 is 19.4 Å². The minimum atomic E-state index is -1.08. The van der Waals surface area contributed by atoms with Gasteiger partial charge in [-0.3, -0.25) is 4.79 Å². The van der Waals surface area contributed by atoms with Crippen molar-refractivity contribution in [2.75, 3.05) is 6.61 Å². The maximum absolute atomic E-state index is 11.6. The van der Waals surface area contributed by atoms with E-state index in [0.29, 0.717) is 15.8 Å². The molecule has 0 bridgehead atoms. The van der Waals surface area contributed by atoms with Gasteiger partial charge in [0, 0.05) is 10.0 Å². The zero-order valence-corrected chi connectivity index (χ0v) is 12.5. The van der Waals surface area contributed by atoms with Gasteiger partial charge in [0.2, 0.25) is 0 Å². The number of hydrogen-bond donors (Lipinski definition) is 2. The molecular weight excluding hydrogens is 305 g/mol. The molecule has 1 rings (SSSR count). The molecule has 0 saturated carbocycles. The average molecular weight is 320 g/mol. The summed E-state index contributed by atoms with van der Waals surface area (Å²) in [6.07, 6.45) is 0. The summed E-state index contributed by atoms with van der Waals surface area (Å²) in [6, 6.07) is 3.61. The van der Waals surface area contributed by atoms with Gasteiger partial charge in [0.1, 0.15) is 11.8 Å². The van der Waals surface area contributed by atoms with Crippen molar-refractivity contribution in [3.8, 4) is 5.75 Å². The summed E-state index contributed by atoms with van der Waals surface area (Å²) in [6.45, 7) is 3.10. The van der Waals surface area contributed by atoms with E-state index in [1.54, 1.807) is 13.8 Å². The van der Waals surface area contributed by atoms with Gasteiger partial charge < -0.3 is 15.2 Å². The Morgan fingerprint density at radius 1 is 1.25 bits per heavy atom. The van der Waals surface area contributed by atoms with Crippen molar-refractivity contribution in [3.63, 3.8) is 0 Å². The fraction of sp³-hybridized carbons (Fsp3) is 0.385. The van der Waals surface area contributed by atoms with Crippen LogP contribution in [0.25, 0.3) is 0 Å². The molecule has 0 unspecified atom stereocenters. The lowest BCUT2D eigenvalue weighted by Crippen LogP contribution is -2.46. The number of rotatable bonds is 6. The van der Waals surface area contributed by atoms with Crippen LogP contribution >= 0.6 is 23.2 Å². The predicted molar refractivity (Wildman–Crippen MR) is 76.4 cm³/mol. The number of ether oxygens (including phenoxy) is 1. The molecule has 0 radical (unpaired) electrons. The van der Waals surface area contributed by atoms with Crippen molar-refractivity contribution in [2.24, 2.45) is 5.92 Å². The maximum Gasteiger partial charge on any atom is 0.326 e. The molecule has 0 aromatic heterocycles. The molecule has 0 heterocycles. The molecule has 1 aromatic carbocycles. The van der Waals surface area contributed by atoms with Crippen LogP contribution in [0, 0.1) is 5.92 Å². The normalized spacial score (nSPS) is 12.1. The molecule has 1 amide bonds. The lowest BCUT2D eigenvalue weighted by atomic mass is 10.1. The summed E-state index contributed by atoms with van der Waals surface area (Å²) in [5.41, 5.74) is 0. The molecule has 0 saturated heterocycles. The second kappa shape index (κ2) is 7.36. The molecular formula is C13H15Cl2NO4. The van der Waals surface area contributed by atoms with Crippen molar-refractivity contribution in [2.45, 2.75) is 19.9 Å². The smallest absolute Gasteiger partial charge is 0.326 e. The van der Waals surface area contributed by atoms with Gasteiger partial charge in [0.25, 0.3) is 5.91 Å². The molecule has 20 heavy (non-hydrogen) atoms. The summed E-state index contributed by atoms with van der Waals surface area (Å²) in [5.74, 6) is -1.49. The Labute approximate surface area is 126 Å². The van der Waals surface area contributed by atoms with Crippen LogP contribution in [0.3, 0.4) is 0 Å². The van der Waals surface area contributed by atoms with Crippen LogP contribution in [-0.2, 0) is 9.59 Å². The van der Waals surface area contributed by atoms with Gasteiger partial charge in [-0.2, -0.15) is 0 Å². The lowest BCUT2D eigenvalue weighted by molar-refractivity contribution is -0.143. The van der Waals surface area contributed by atoms with Crippen LogP contribution in [0.1, 0.15) is 13.8 Å². The highest BCUT2D eigenvalue weighted by atomic mass is 35.5. The maximum atomic E-state index is 11.6. The summed E-state index contributed by atoms with van der Waals surface area (Å²) in [4.78, 5) is 22.6. The van der Waals surface area contributed by atoms with Crippen LogP contribution in [0.15, 0.2) is 18.2 Å². The van der Waals surface area contributed by atoms with Gasteiger partial charge >= 0.3 is 5.97 Å². The van der Waals surface area contributed by atoms with Crippen molar-refractivity contribution in [1.82, 2.24) is 5.32 Å². The van der Waals surface area contributed by atoms with Crippen LogP contribution < -0.4 is 10.1 Å². The van der Waals surface area contributed by atoms with Gasteiger partial charge in [0.05, 0.1) is 0 Å². The van der Waals surface area contributed by atoms with E-state index in [0.717, 1.165) is 0 Å². The zero-order chi connectivity index (χ0) is 15.3. The quantitative estimate of drug-likeness (QED) is 0.845. The summed E-state index contributed by atoms with van der Waals surface area (Å²) in [5, 5.41) is 12.1. The number of amides is 1. The highest BCUT2D eigenvalue weighted by Crippen LogP contribution is 2.24. The number of carboxylic acids is 1. The van der Waals surface area contributed by atoms with Crippen LogP contribution in [0.5, 0.6) is 5.75 Å². The van der Waals surface area contributed by atoms with E-state index in [-0.39, 0.29) is 12.5 Å². The van der Waals surface area contributed by atoms with E-state index in [1.807, 2.05) is 0 Å². The molecule has 0 spiro atoms. The SMILES string of the molecule is CC(C)[C@@H](NC(=O)COc1cc(Cl)cc(Cl)c1)C(=O)O. The molecule has 0 aliphatic heterocycles. The van der Waals surface area contributed by atoms with Gasteiger partial charge in [0.15, 0.2) is 6.61 Å². The van der Waals surface area contributed by atoms with Crippen molar-refractivity contribution in [3.05, 3.63) is 28.2 Å². The zero-order valence-electron chi connectivity index (χ0n) is 11.0. The highest BCUT2D eigenvalue weighted by molar-refractivity contribution is 6.34. The van der Waals surface area contributed by atoms with Crippen LogP contribution in [0.4, 0.5) is 0 Å². The number of aliphatic carboxylic acids is 1. The van der Waals surface area contributed by atoms with E-state index in [2.05, 4.69) is 5.32 Å². The molecule has 110 valence electrons. The highest BCUT2D eigenvalue weighted by Gasteiger charge is 2.23. The van der Waals surface area contributed by atoms with Crippen LogP contribution in [-0.4, -0.2) is 29.6 Å². The van der Waals surface area contributed by atoms with Crippen LogP contribution in [0.2, 0.25) is 10.0 Å². The Hall–Kier alpha value is -1.46. The predicted octanol–water partition coefficient (Wildman–Crippen LogP) is 2.60. The fourth-order valence-corrected chi connectivity index (χ4v) is 2.00. The monoisotopic (exact) mass is 319 g/mol. The van der Waals surface area contributed by atoms with Gasteiger partial charge in [-0.1, -0.05) is 37.0 Å². The average Bonchev–Trinajstić information content (AvgIpc) is 2.31. The third kappa shape index (κ3) is 5.27. The number of benzene rings is 1. The Kier molecular flexibility index (Phi) is 6.10. The molecule has 2 N–H and O–H groups in total. The topological polar surface area (TPSA) is 75.6 Å². The largest absolute Gasteiger partial charge is 0.484 e. The molecule has 1 atom stereocenters. The number of carbonyl (C=O) groups is 2. The standard InChI is InChI=1S/C13H15Cl2NO4/c1-7(2)12(13(18)19)16-11(17)6-20-10-4-8(14)3-9(15)5-10/h3-5,7,12H,6H2,1-2H3,(H,16,17)(H,18,19)/t12-/m1/s1. The number of carbonyl (C=O) groups excluding carboxylic acids is 1. The minimum absolute atomic E-state index is 0.225. The Morgan fingerprint density at radius 3 is 2.25 bits per heavy atom. The first-order valence-corrected chi connectivity index (χ1v) is 6.66. The van der Waals surface area contributed by atoms with E-state index < -0.39 is 17.9 Å². The Balaban J connectivity index is 2.56. The summed E-state index contributed by atoms with van der Waals surface area (Å²) < 4.78 is 5.22. The van der Waals surface area contributed by atoms with E-state index in [1.165, 1.54) is 18.2 Å². The molecule has 0 aliphatic rings. The molecule has 0 aliphatic carbocycles. The van der Waals surface area contributed by atoms with E-state index in [9.17, 15) is 9.59 Å². The third-order valence-corrected chi connectivity index (χ3v) is 2.89. The summed E-state index contributed by atoms with van der Waals surface area (Å²) >= 11 is 11.6. The second-order valence-corrected chi connectivity index (χ2v) is 5.39. The molecule has 5 nitrogen and oxygen atoms in total. The Morgan fingerprint density at radius 2 is 1.80 bits per heavy atom. The lowest BCUT2D eigenvalue weighted by Gasteiger charge is -2.18. The number of nitrogens with one attached hydrogen (secondary N) is 1. The van der Waals surface area contributed by atoms with E-state index in [4.69, 9.17) is 33.0 Å². The van der Waals surface area contributed by atoms with E-state index >= 15 is 0 Å². The van der Waals surface area contributed by atoms with Gasteiger partial charge in [-0.15, -0.1) is 0 Å². The van der Waals surface area contributed by atoms with Crippen molar-refractivity contribution >= 4 is 35.1 Å². The minimum Gasteiger partial charge on any atom is -0.484 e. The first kappa shape index (κ1) is 16.6.